The number of benzene rings is 2. The van der Waals surface area contributed by atoms with Crippen molar-refractivity contribution in [2.24, 2.45) is 0 Å². The van der Waals surface area contributed by atoms with Gasteiger partial charge in [-0.15, -0.1) is 0 Å². The lowest BCUT2D eigenvalue weighted by Gasteiger charge is -2.32. The van der Waals surface area contributed by atoms with E-state index in [1.165, 1.54) is 16.7 Å². The van der Waals surface area contributed by atoms with E-state index >= 15 is 0 Å². The summed E-state index contributed by atoms with van der Waals surface area (Å²) in [7, 11) is 2.17. The third-order valence-corrected chi connectivity index (χ3v) is 8.04. The molecule has 3 aromatic rings. The van der Waals surface area contributed by atoms with Crippen LogP contribution in [0, 0.1) is 0 Å². The summed E-state index contributed by atoms with van der Waals surface area (Å²) in [5.41, 5.74) is 7.54. The minimum absolute atomic E-state index is 0.0745. The summed E-state index contributed by atoms with van der Waals surface area (Å²) in [6.07, 6.45) is 9.99. The Bertz CT molecular complexity index is 1540. The molecule has 0 unspecified atom stereocenters. The zero-order chi connectivity index (χ0) is 27.6. The number of rotatable bonds is 7. The second kappa shape index (κ2) is 11.4. The predicted octanol–water partition coefficient (Wildman–Crippen LogP) is 4.48. The van der Waals surface area contributed by atoms with Gasteiger partial charge in [0.1, 0.15) is 0 Å². The van der Waals surface area contributed by atoms with Crippen LogP contribution in [0.1, 0.15) is 39.0 Å². The highest BCUT2D eigenvalue weighted by atomic mass is 35.5. The van der Waals surface area contributed by atoms with Gasteiger partial charge in [0.25, 0.3) is 5.91 Å². The monoisotopic (exact) mass is 553 g/mol. The first-order valence-electron chi connectivity index (χ1n) is 13.7. The van der Waals surface area contributed by atoms with E-state index in [9.17, 15) is 9.59 Å². The minimum Gasteiger partial charge on any atom is -0.322 e. The van der Waals surface area contributed by atoms with Gasteiger partial charge in [0.05, 0.1) is 18.3 Å². The zero-order valence-electron chi connectivity index (χ0n) is 22.6. The molecule has 1 fully saturated rings. The molecule has 2 aliphatic carbocycles. The van der Waals surface area contributed by atoms with Gasteiger partial charge < -0.3 is 10.2 Å². The van der Waals surface area contributed by atoms with E-state index in [1.807, 2.05) is 30.3 Å². The number of allylic oxidation sites excluding steroid dienone is 4. The highest BCUT2D eigenvalue weighted by Gasteiger charge is 2.24. The zero-order valence-corrected chi connectivity index (χ0v) is 23.3. The van der Waals surface area contributed by atoms with Gasteiger partial charge in [-0.25, -0.2) is 0 Å². The van der Waals surface area contributed by atoms with E-state index in [0.29, 0.717) is 28.4 Å². The van der Waals surface area contributed by atoms with Crippen molar-refractivity contribution in [3.8, 4) is 0 Å². The van der Waals surface area contributed by atoms with Crippen molar-refractivity contribution in [3.63, 3.8) is 0 Å². The molecule has 0 spiro atoms. The van der Waals surface area contributed by atoms with E-state index in [0.717, 1.165) is 50.3 Å². The summed E-state index contributed by atoms with van der Waals surface area (Å²) in [6, 6.07) is 14.2. The number of amides is 1. The molecule has 204 valence electrons. The van der Waals surface area contributed by atoms with E-state index in [1.54, 1.807) is 23.2 Å². The first kappa shape index (κ1) is 26.4. The fraction of sp³-hybridized carbons (Fsp3) is 0.281. The molecular weight excluding hydrogens is 522 g/mol. The molecule has 1 aromatic heterocycles. The highest BCUT2D eigenvalue weighted by molar-refractivity contribution is 6.30. The lowest BCUT2D eigenvalue weighted by atomic mass is 9.93. The second-order valence-electron chi connectivity index (χ2n) is 10.8. The normalized spacial score (nSPS) is 17.8. The molecule has 3 aliphatic rings. The van der Waals surface area contributed by atoms with Crippen LogP contribution in [0.2, 0.25) is 5.02 Å². The van der Waals surface area contributed by atoms with Crippen LogP contribution < -0.4 is 5.32 Å². The van der Waals surface area contributed by atoms with Gasteiger partial charge in [-0.2, -0.15) is 5.10 Å². The van der Waals surface area contributed by atoms with Crippen molar-refractivity contribution in [2.75, 3.05) is 33.2 Å². The average Bonchev–Trinajstić information content (AvgIpc) is 3.59. The van der Waals surface area contributed by atoms with Crippen molar-refractivity contribution in [1.29, 1.82) is 0 Å². The van der Waals surface area contributed by atoms with Gasteiger partial charge in [-0.3, -0.25) is 19.2 Å². The molecule has 0 radical (unpaired) electrons. The molecule has 0 atom stereocenters. The molecule has 0 bridgehead atoms. The Morgan fingerprint density at radius 2 is 1.77 bits per heavy atom. The summed E-state index contributed by atoms with van der Waals surface area (Å²) < 4.78 is 1.72. The summed E-state index contributed by atoms with van der Waals surface area (Å²) in [6.45, 7) is 5.85. The van der Waals surface area contributed by atoms with E-state index in [2.05, 4.69) is 51.5 Å². The third-order valence-electron chi connectivity index (χ3n) is 7.79. The molecule has 1 N–H and O–H groups in total. The standard InChI is InChI=1S/C32H32ClN5O2/c1-36-10-12-37(13-11-36)19-23-2-5-24-15-26(16-25(24)14-23)30-17-29(8-9-31(30)39)35-32(40)27-18-34-38(21-27)20-22-3-6-28(33)7-4-22/h2-8,14,16-18,21H,9-13,15,19-20H2,1H3,(H,35,40). The first-order chi connectivity index (χ1) is 19.4. The second-order valence-corrected chi connectivity index (χ2v) is 11.2. The number of carbonyl (C=O) groups is 2. The van der Waals surface area contributed by atoms with Crippen LogP contribution in [0.3, 0.4) is 0 Å². The fourth-order valence-electron chi connectivity index (χ4n) is 5.43. The van der Waals surface area contributed by atoms with Gasteiger partial charge in [0, 0.05) is 61.6 Å². The maximum atomic E-state index is 13.0. The van der Waals surface area contributed by atoms with Crippen LogP contribution in [-0.2, 0) is 24.3 Å². The van der Waals surface area contributed by atoms with E-state index in [4.69, 9.17) is 11.6 Å². The number of fused-ring (bicyclic) bond motifs is 1. The van der Waals surface area contributed by atoms with Gasteiger partial charge in [-0.1, -0.05) is 54.1 Å². The number of hydrogen-bond donors (Lipinski definition) is 1. The van der Waals surface area contributed by atoms with Gasteiger partial charge >= 0.3 is 0 Å². The van der Waals surface area contributed by atoms with Crippen LogP contribution >= 0.6 is 11.6 Å². The number of nitrogens with one attached hydrogen (secondary N) is 1. The van der Waals surface area contributed by atoms with Crippen molar-refractivity contribution in [3.05, 3.63) is 117 Å². The molecule has 2 aromatic carbocycles. The Hall–Kier alpha value is -3.78. The quantitative estimate of drug-likeness (QED) is 0.467. The summed E-state index contributed by atoms with van der Waals surface area (Å²) in [5.74, 6) is -0.179. The number of aromatic nitrogens is 2. The summed E-state index contributed by atoms with van der Waals surface area (Å²) in [4.78, 5) is 30.7. The number of nitrogens with zero attached hydrogens (tertiary/aromatic N) is 4. The number of hydrogen-bond acceptors (Lipinski definition) is 5. The Kier molecular flexibility index (Phi) is 7.52. The fourth-order valence-corrected chi connectivity index (χ4v) is 5.56. The Morgan fingerprint density at radius 1 is 1.00 bits per heavy atom. The average molecular weight is 554 g/mol. The van der Waals surface area contributed by atoms with E-state index < -0.39 is 0 Å². The van der Waals surface area contributed by atoms with Crippen molar-refractivity contribution < 1.29 is 9.59 Å². The predicted molar refractivity (Wildman–Crippen MR) is 157 cm³/mol. The van der Waals surface area contributed by atoms with Gasteiger partial charge in [0.15, 0.2) is 5.78 Å². The number of halogens is 1. The Balaban J connectivity index is 1.11. The number of piperazine rings is 1. The van der Waals surface area contributed by atoms with Crippen molar-refractivity contribution >= 4 is 29.4 Å². The third kappa shape index (κ3) is 6.02. The van der Waals surface area contributed by atoms with Crippen LogP contribution in [0.4, 0.5) is 0 Å². The maximum Gasteiger partial charge on any atom is 0.258 e. The molecule has 1 saturated heterocycles. The van der Waals surface area contributed by atoms with Crippen LogP contribution in [0.25, 0.3) is 6.08 Å². The van der Waals surface area contributed by atoms with E-state index in [-0.39, 0.29) is 18.1 Å². The highest BCUT2D eigenvalue weighted by Crippen LogP contribution is 2.33. The molecule has 2 heterocycles. The van der Waals surface area contributed by atoms with Gasteiger partial charge in [-0.05, 0) is 59.5 Å². The molecule has 1 aliphatic heterocycles. The molecule has 6 rings (SSSR count). The lowest BCUT2D eigenvalue weighted by molar-refractivity contribution is -0.114. The van der Waals surface area contributed by atoms with Crippen LogP contribution in [0.5, 0.6) is 0 Å². The van der Waals surface area contributed by atoms with Gasteiger partial charge in [0.2, 0.25) is 0 Å². The molecule has 1 amide bonds. The van der Waals surface area contributed by atoms with Crippen molar-refractivity contribution in [1.82, 2.24) is 24.9 Å². The van der Waals surface area contributed by atoms with Crippen LogP contribution in [0.15, 0.2) is 83.9 Å². The van der Waals surface area contributed by atoms with Crippen molar-refractivity contribution in [2.45, 2.75) is 25.9 Å². The molecule has 8 heteroatoms. The summed E-state index contributed by atoms with van der Waals surface area (Å²) >= 11 is 5.97. The maximum absolute atomic E-state index is 13.0. The smallest absolute Gasteiger partial charge is 0.258 e. The van der Waals surface area contributed by atoms with Crippen LogP contribution in [-0.4, -0.2) is 64.5 Å². The summed E-state index contributed by atoms with van der Waals surface area (Å²) in [5, 5.41) is 7.97. The molecule has 0 saturated carbocycles. The molecule has 40 heavy (non-hydrogen) atoms. The molecular formula is C32H32ClN5O2. The number of Topliss-reactive ketones (excluding diaryl/α,β-unsaturated/α-hetero) is 1. The lowest BCUT2D eigenvalue weighted by Crippen LogP contribution is -2.43. The number of likely N-dealkylation sites (N-methyl/N-ethyl adjacent to an activating group) is 1. The number of carbonyl (C=O) groups excluding carboxylic acids is 2. The SMILES string of the molecule is CN1CCN(Cc2ccc3c(c2)C=C(C2=CC(NC(=O)c4cnn(Cc5ccc(Cl)cc5)c4)=CCC2=O)C3)CC1. The first-order valence-corrected chi connectivity index (χ1v) is 14.0. The Morgan fingerprint density at radius 3 is 2.58 bits per heavy atom. The molecule has 7 nitrogen and oxygen atoms in total. The topological polar surface area (TPSA) is 70.5 Å². The Labute approximate surface area is 239 Å². The minimum atomic E-state index is -0.254. The number of ketones is 1. The largest absolute Gasteiger partial charge is 0.322 e.